The van der Waals surface area contributed by atoms with Crippen molar-refractivity contribution < 1.29 is 19.4 Å². The number of hydrogen-bond donors (Lipinski definition) is 3. The number of alkyl carbamates (subject to hydrolysis) is 1. The van der Waals surface area contributed by atoms with E-state index in [9.17, 15) is 14.7 Å². The summed E-state index contributed by atoms with van der Waals surface area (Å²) in [5.74, 6) is -0.971. The van der Waals surface area contributed by atoms with E-state index in [1.54, 1.807) is 20.8 Å². The van der Waals surface area contributed by atoms with Gasteiger partial charge < -0.3 is 20.5 Å². The molecule has 6 nitrogen and oxygen atoms in total. The maximum atomic E-state index is 11.9. The number of piperidine rings is 2. The highest BCUT2D eigenvalue weighted by Gasteiger charge is 2.49. The van der Waals surface area contributed by atoms with Crippen molar-refractivity contribution in [3.8, 4) is 0 Å². The van der Waals surface area contributed by atoms with Crippen LogP contribution < -0.4 is 10.6 Å². The molecule has 1 amide bonds. The van der Waals surface area contributed by atoms with E-state index in [-0.39, 0.29) is 12.1 Å². The Hall–Kier alpha value is -1.30. The molecule has 0 aromatic carbocycles. The molecule has 2 atom stereocenters. The lowest BCUT2D eigenvalue weighted by Crippen LogP contribution is -2.66. The maximum Gasteiger partial charge on any atom is 0.408 e. The van der Waals surface area contributed by atoms with Crippen LogP contribution in [0.15, 0.2) is 0 Å². The lowest BCUT2D eigenvalue weighted by atomic mass is 9.75. The quantitative estimate of drug-likeness (QED) is 0.717. The number of aliphatic carboxylic acids is 1. The van der Waals surface area contributed by atoms with Gasteiger partial charge in [0.2, 0.25) is 0 Å². The predicted octanol–water partition coefficient (Wildman–Crippen LogP) is 1.64. The minimum atomic E-state index is -1.21. The SMILES string of the molecule is CC(C)(C)OC(=O)NC1(C(=O)O)CC2CCCC(C1)N2. The molecule has 0 spiro atoms. The van der Waals surface area contributed by atoms with Crippen LogP contribution in [-0.4, -0.2) is 40.4 Å². The van der Waals surface area contributed by atoms with E-state index in [0.717, 1.165) is 19.3 Å². The molecule has 0 aromatic rings. The molecule has 2 aliphatic rings. The minimum absolute atomic E-state index is 0.161. The van der Waals surface area contributed by atoms with Gasteiger partial charge in [-0.3, -0.25) is 0 Å². The van der Waals surface area contributed by atoms with Gasteiger partial charge in [-0.15, -0.1) is 0 Å². The highest BCUT2D eigenvalue weighted by atomic mass is 16.6. The van der Waals surface area contributed by atoms with Gasteiger partial charge in [0.15, 0.2) is 0 Å². The van der Waals surface area contributed by atoms with Crippen LogP contribution in [0, 0.1) is 0 Å². The first kappa shape index (κ1) is 15.1. The lowest BCUT2D eigenvalue weighted by molar-refractivity contribution is -0.147. The molecule has 2 unspecified atom stereocenters. The maximum absolute atomic E-state index is 11.9. The zero-order valence-electron chi connectivity index (χ0n) is 12.4. The lowest BCUT2D eigenvalue weighted by Gasteiger charge is -2.45. The van der Waals surface area contributed by atoms with Crippen molar-refractivity contribution in [2.45, 2.75) is 76.1 Å². The van der Waals surface area contributed by atoms with Gasteiger partial charge in [-0.2, -0.15) is 0 Å². The Morgan fingerprint density at radius 3 is 2.25 bits per heavy atom. The van der Waals surface area contributed by atoms with Crippen LogP contribution in [0.4, 0.5) is 4.79 Å². The number of fused-ring (bicyclic) bond motifs is 2. The third kappa shape index (κ3) is 3.42. The molecular formula is C14H24N2O4. The summed E-state index contributed by atoms with van der Waals surface area (Å²) in [5, 5.41) is 15.6. The number of rotatable bonds is 2. The fourth-order valence-corrected chi connectivity index (χ4v) is 3.19. The summed E-state index contributed by atoms with van der Waals surface area (Å²) in [6.07, 6.45) is 3.21. The number of carboxylic acid groups (broad SMARTS) is 1. The fourth-order valence-electron chi connectivity index (χ4n) is 3.19. The Bertz CT molecular complexity index is 390. The van der Waals surface area contributed by atoms with Gasteiger partial charge in [0, 0.05) is 12.1 Å². The Morgan fingerprint density at radius 2 is 1.80 bits per heavy atom. The van der Waals surface area contributed by atoms with E-state index in [1.807, 2.05) is 0 Å². The Kier molecular flexibility index (Phi) is 3.95. The molecule has 0 aromatic heterocycles. The van der Waals surface area contributed by atoms with Gasteiger partial charge in [-0.25, -0.2) is 9.59 Å². The van der Waals surface area contributed by atoms with Gasteiger partial charge in [-0.1, -0.05) is 6.42 Å². The largest absolute Gasteiger partial charge is 0.480 e. The Labute approximate surface area is 119 Å². The van der Waals surface area contributed by atoms with Gasteiger partial charge in [0.05, 0.1) is 0 Å². The normalized spacial score (nSPS) is 33.4. The molecule has 2 saturated heterocycles. The molecule has 20 heavy (non-hydrogen) atoms. The fraction of sp³-hybridized carbons (Fsp3) is 0.857. The van der Waals surface area contributed by atoms with Crippen LogP contribution in [-0.2, 0) is 9.53 Å². The average Bonchev–Trinajstić information content (AvgIpc) is 2.25. The molecule has 2 bridgehead atoms. The molecule has 0 radical (unpaired) electrons. The van der Waals surface area contributed by atoms with Crippen molar-refractivity contribution in [2.75, 3.05) is 0 Å². The molecule has 0 aliphatic carbocycles. The van der Waals surface area contributed by atoms with Gasteiger partial charge >= 0.3 is 12.1 Å². The summed E-state index contributed by atoms with van der Waals surface area (Å²) in [7, 11) is 0. The number of carbonyl (C=O) groups excluding carboxylic acids is 1. The van der Waals surface area contributed by atoms with Crippen molar-refractivity contribution in [3.63, 3.8) is 0 Å². The third-order valence-electron chi connectivity index (χ3n) is 3.92. The van der Waals surface area contributed by atoms with E-state index >= 15 is 0 Å². The monoisotopic (exact) mass is 284 g/mol. The molecule has 114 valence electrons. The molecule has 2 rings (SSSR count). The standard InChI is InChI=1S/C14H24N2O4/c1-13(2,3)20-12(19)16-14(11(17)18)7-9-5-4-6-10(8-14)15-9/h9-10,15H,4-8H2,1-3H3,(H,16,19)(H,17,18). The number of nitrogens with one attached hydrogen (secondary N) is 2. The summed E-state index contributed by atoms with van der Waals surface area (Å²) < 4.78 is 5.20. The number of amides is 1. The van der Waals surface area contributed by atoms with Crippen LogP contribution in [0.25, 0.3) is 0 Å². The first-order valence-corrected chi connectivity index (χ1v) is 7.21. The molecule has 3 N–H and O–H groups in total. The summed E-state index contributed by atoms with van der Waals surface area (Å²) in [4.78, 5) is 23.6. The average molecular weight is 284 g/mol. The van der Waals surface area contributed by atoms with Crippen LogP contribution in [0.5, 0.6) is 0 Å². The van der Waals surface area contributed by atoms with Crippen LogP contribution in [0.3, 0.4) is 0 Å². The molecule has 2 fully saturated rings. The zero-order chi connectivity index (χ0) is 15.0. The second-order valence-electron chi connectivity index (χ2n) is 6.91. The highest BCUT2D eigenvalue weighted by Crippen LogP contribution is 2.33. The molecule has 2 heterocycles. The van der Waals surface area contributed by atoms with Gasteiger partial charge in [0.1, 0.15) is 11.1 Å². The summed E-state index contributed by atoms with van der Waals surface area (Å²) in [6, 6.07) is 0.321. The van der Waals surface area contributed by atoms with E-state index < -0.39 is 23.2 Å². The topological polar surface area (TPSA) is 87.7 Å². The number of hydrogen-bond acceptors (Lipinski definition) is 4. The Balaban J connectivity index is 2.10. The van der Waals surface area contributed by atoms with Crippen molar-refractivity contribution in [1.29, 1.82) is 0 Å². The third-order valence-corrected chi connectivity index (χ3v) is 3.92. The molecular weight excluding hydrogens is 260 g/mol. The summed E-state index contributed by atoms with van der Waals surface area (Å²) in [6.45, 7) is 5.28. The van der Waals surface area contributed by atoms with Gasteiger partial charge in [-0.05, 0) is 46.5 Å². The molecule has 2 aliphatic heterocycles. The number of carboxylic acids is 1. The van der Waals surface area contributed by atoms with Gasteiger partial charge in [0.25, 0.3) is 0 Å². The second kappa shape index (κ2) is 5.24. The first-order valence-electron chi connectivity index (χ1n) is 7.21. The molecule has 0 saturated carbocycles. The van der Waals surface area contributed by atoms with E-state index in [2.05, 4.69) is 10.6 Å². The molecule has 6 heteroatoms. The van der Waals surface area contributed by atoms with E-state index in [4.69, 9.17) is 4.74 Å². The first-order chi connectivity index (χ1) is 9.20. The second-order valence-corrected chi connectivity index (χ2v) is 6.91. The number of ether oxygens (including phenoxy) is 1. The van der Waals surface area contributed by atoms with Crippen LogP contribution in [0.1, 0.15) is 52.9 Å². The number of carbonyl (C=O) groups is 2. The minimum Gasteiger partial charge on any atom is -0.480 e. The van der Waals surface area contributed by atoms with E-state index in [0.29, 0.717) is 12.8 Å². The van der Waals surface area contributed by atoms with Crippen molar-refractivity contribution >= 4 is 12.1 Å². The predicted molar refractivity (Wildman–Crippen MR) is 73.5 cm³/mol. The zero-order valence-corrected chi connectivity index (χ0v) is 12.4. The summed E-state index contributed by atoms with van der Waals surface area (Å²) in [5.41, 5.74) is -1.84. The van der Waals surface area contributed by atoms with Crippen molar-refractivity contribution in [3.05, 3.63) is 0 Å². The highest BCUT2D eigenvalue weighted by molar-refractivity contribution is 5.84. The van der Waals surface area contributed by atoms with Crippen molar-refractivity contribution in [1.82, 2.24) is 10.6 Å². The Morgan fingerprint density at radius 1 is 1.25 bits per heavy atom. The van der Waals surface area contributed by atoms with Crippen molar-refractivity contribution in [2.24, 2.45) is 0 Å². The van der Waals surface area contributed by atoms with Crippen LogP contribution in [0.2, 0.25) is 0 Å². The van der Waals surface area contributed by atoms with E-state index in [1.165, 1.54) is 0 Å². The smallest absolute Gasteiger partial charge is 0.408 e. The summed E-state index contributed by atoms with van der Waals surface area (Å²) >= 11 is 0. The van der Waals surface area contributed by atoms with Crippen LogP contribution >= 0.6 is 0 Å².